The van der Waals surface area contributed by atoms with Gasteiger partial charge in [-0.25, -0.2) is 0 Å². The van der Waals surface area contributed by atoms with E-state index >= 15 is 0 Å². The molecule has 1 saturated carbocycles. The summed E-state index contributed by atoms with van der Waals surface area (Å²) in [6, 6.07) is 0. The van der Waals surface area contributed by atoms with Gasteiger partial charge >= 0.3 is 5.97 Å². The highest BCUT2D eigenvalue weighted by molar-refractivity contribution is 6.25. The Bertz CT molecular complexity index is 397. The standard InChI is InChI=1S/C12H17NO4/c1-6(13)8-7(14)5-12(2,3)9(10(8)15)11(16)17-4/h8-9,13H,5H2,1-4H3/t8?,9-/m1/s1. The van der Waals surface area contributed by atoms with Crippen molar-refractivity contribution in [1.82, 2.24) is 0 Å². The lowest BCUT2D eigenvalue weighted by Crippen LogP contribution is -2.51. The molecule has 5 nitrogen and oxygen atoms in total. The Morgan fingerprint density at radius 3 is 2.35 bits per heavy atom. The Kier molecular flexibility index (Phi) is 3.50. The van der Waals surface area contributed by atoms with Crippen LogP contribution in [0.2, 0.25) is 0 Å². The molecule has 1 aliphatic carbocycles. The molecular formula is C12H17NO4. The minimum Gasteiger partial charge on any atom is -0.468 e. The molecule has 1 aliphatic rings. The lowest BCUT2D eigenvalue weighted by Gasteiger charge is -2.37. The van der Waals surface area contributed by atoms with Crippen molar-refractivity contribution in [2.45, 2.75) is 27.2 Å². The highest BCUT2D eigenvalue weighted by atomic mass is 16.5. The number of carbonyl (C=O) groups is 3. The quantitative estimate of drug-likeness (QED) is 0.442. The van der Waals surface area contributed by atoms with Gasteiger partial charge in [-0.15, -0.1) is 0 Å². The van der Waals surface area contributed by atoms with Gasteiger partial charge in [0.15, 0.2) is 5.78 Å². The Morgan fingerprint density at radius 2 is 1.94 bits per heavy atom. The van der Waals surface area contributed by atoms with Gasteiger partial charge in [-0.3, -0.25) is 14.4 Å². The molecule has 2 atom stereocenters. The van der Waals surface area contributed by atoms with Crippen LogP contribution in [-0.2, 0) is 19.1 Å². The van der Waals surface area contributed by atoms with Crippen LogP contribution < -0.4 is 0 Å². The summed E-state index contributed by atoms with van der Waals surface area (Å²) in [5.74, 6) is -3.46. The normalized spacial score (nSPS) is 27.8. The van der Waals surface area contributed by atoms with Crippen molar-refractivity contribution in [3.05, 3.63) is 0 Å². The first-order valence-corrected chi connectivity index (χ1v) is 5.41. The third-order valence-corrected chi connectivity index (χ3v) is 3.17. The van der Waals surface area contributed by atoms with E-state index < -0.39 is 29.0 Å². The van der Waals surface area contributed by atoms with Crippen LogP contribution in [0.25, 0.3) is 0 Å². The van der Waals surface area contributed by atoms with E-state index in [1.807, 2.05) is 0 Å². The van der Waals surface area contributed by atoms with Gasteiger partial charge in [0.25, 0.3) is 0 Å². The zero-order valence-electron chi connectivity index (χ0n) is 10.5. The zero-order chi connectivity index (χ0) is 13.4. The predicted octanol–water partition coefficient (Wildman–Crippen LogP) is 1.000. The van der Waals surface area contributed by atoms with E-state index in [-0.39, 0.29) is 17.9 Å². The van der Waals surface area contributed by atoms with Gasteiger partial charge in [-0.2, -0.15) is 0 Å². The average Bonchev–Trinajstić information content (AvgIpc) is 2.13. The molecule has 0 aromatic heterocycles. The van der Waals surface area contributed by atoms with E-state index in [1.165, 1.54) is 14.0 Å². The summed E-state index contributed by atoms with van der Waals surface area (Å²) in [5.41, 5.74) is -0.753. The number of Topliss-reactive ketones (excluding diaryl/α,β-unsaturated/α-hetero) is 2. The van der Waals surface area contributed by atoms with Gasteiger partial charge in [-0.1, -0.05) is 13.8 Å². The van der Waals surface area contributed by atoms with E-state index in [9.17, 15) is 14.4 Å². The van der Waals surface area contributed by atoms with Gasteiger partial charge < -0.3 is 10.1 Å². The van der Waals surface area contributed by atoms with Gasteiger partial charge in [0, 0.05) is 12.1 Å². The molecule has 1 N–H and O–H groups in total. The third kappa shape index (κ3) is 2.28. The molecule has 0 aromatic carbocycles. The maximum Gasteiger partial charge on any atom is 0.316 e. The van der Waals surface area contributed by atoms with Crippen LogP contribution >= 0.6 is 0 Å². The molecule has 1 unspecified atom stereocenters. The molecule has 0 aromatic rings. The van der Waals surface area contributed by atoms with Crippen molar-refractivity contribution in [1.29, 1.82) is 5.41 Å². The minimum atomic E-state index is -1.08. The van der Waals surface area contributed by atoms with Crippen LogP contribution in [0.4, 0.5) is 0 Å². The zero-order valence-corrected chi connectivity index (χ0v) is 10.5. The lowest BCUT2D eigenvalue weighted by molar-refractivity contribution is -0.159. The molecule has 17 heavy (non-hydrogen) atoms. The van der Waals surface area contributed by atoms with Crippen molar-refractivity contribution >= 4 is 23.2 Å². The molecule has 94 valence electrons. The summed E-state index contributed by atoms with van der Waals surface area (Å²) >= 11 is 0. The van der Waals surface area contributed by atoms with Gasteiger partial charge in [0.1, 0.15) is 17.6 Å². The highest BCUT2D eigenvalue weighted by Gasteiger charge is 2.52. The Labute approximate surface area is 100 Å². The van der Waals surface area contributed by atoms with Crippen molar-refractivity contribution in [3.63, 3.8) is 0 Å². The van der Waals surface area contributed by atoms with Crippen LogP contribution in [0.1, 0.15) is 27.2 Å². The first-order valence-electron chi connectivity index (χ1n) is 5.41. The summed E-state index contributed by atoms with van der Waals surface area (Å²) in [4.78, 5) is 35.6. The van der Waals surface area contributed by atoms with Crippen LogP contribution in [0.5, 0.6) is 0 Å². The van der Waals surface area contributed by atoms with Gasteiger partial charge in [0.05, 0.1) is 7.11 Å². The second-order valence-corrected chi connectivity index (χ2v) is 5.11. The summed E-state index contributed by atoms with van der Waals surface area (Å²) in [6.07, 6.45) is 0.111. The van der Waals surface area contributed by atoms with Crippen molar-refractivity contribution in [2.75, 3.05) is 7.11 Å². The monoisotopic (exact) mass is 239 g/mol. The molecule has 0 spiro atoms. The fourth-order valence-corrected chi connectivity index (χ4v) is 2.37. The number of ether oxygens (including phenoxy) is 1. The van der Waals surface area contributed by atoms with Crippen LogP contribution in [0.3, 0.4) is 0 Å². The summed E-state index contributed by atoms with van der Waals surface area (Å²) < 4.78 is 4.62. The van der Waals surface area contributed by atoms with Crippen LogP contribution in [0, 0.1) is 22.7 Å². The molecule has 5 heteroatoms. The molecule has 0 amide bonds. The summed E-state index contributed by atoms with van der Waals surface area (Å²) in [5, 5.41) is 7.47. The fourth-order valence-electron chi connectivity index (χ4n) is 2.37. The molecular weight excluding hydrogens is 222 g/mol. The molecule has 0 heterocycles. The van der Waals surface area contributed by atoms with Crippen molar-refractivity contribution in [3.8, 4) is 0 Å². The van der Waals surface area contributed by atoms with Gasteiger partial charge in [0.2, 0.25) is 0 Å². The number of rotatable bonds is 2. The van der Waals surface area contributed by atoms with Crippen molar-refractivity contribution < 1.29 is 19.1 Å². The first kappa shape index (κ1) is 13.5. The van der Waals surface area contributed by atoms with Crippen LogP contribution in [0.15, 0.2) is 0 Å². The predicted molar refractivity (Wildman–Crippen MR) is 60.8 cm³/mol. The van der Waals surface area contributed by atoms with E-state index in [1.54, 1.807) is 13.8 Å². The van der Waals surface area contributed by atoms with Gasteiger partial charge in [-0.05, 0) is 12.3 Å². The molecule has 0 bridgehead atoms. The fraction of sp³-hybridized carbons (Fsp3) is 0.667. The van der Waals surface area contributed by atoms with Crippen molar-refractivity contribution in [2.24, 2.45) is 17.3 Å². The Balaban J connectivity index is 3.18. The molecule has 0 aliphatic heterocycles. The second-order valence-electron chi connectivity index (χ2n) is 5.11. The summed E-state index contributed by atoms with van der Waals surface area (Å²) in [6.45, 7) is 4.80. The summed E-state index contributed by atoms with van der Waals surface area (Å²) in [7, 11) is 1.22. The Morgan fingerprint density at radius 1 is 1.41 bits per heavy atom. The van der Waals surface area contributed by atoms with Crippen LogP contribution in [-0.4, -0.2) is 30.4 Å². The first-order chi connectivity index (χ1) is 7.72. The average molecular weight is 239 g/mol. The number of carbonyl (C=O) groups excluding carboxylic acids is 3. The largest absolute Gasteiger partial charge is 0.468 e. The molecule has 1 fully saturated rings. The third-order valence-electron chi connectivity index (χ3n) is 3.17. The smallest absolute Gasteiger partial charge is 0.316 e. The minimum absolute atomic E-state index is 0.00981. The molecule has 0 saturated heterocycles. The van der Waals surface area contributed by atoms with E-state index in [0.29, 0.717) is 0 Å². The number of methoxy groups -OCH3 is 1. The van der Waals surface area contributed by atoms with E-state index in [2.05, 4.69) is 4.74 Å². The number of hydrogen-bond donors (Lipinski definition) is 1. The number of hydrogen-bond acceptors (Lipinski definition) is 5. The lowest BCUT2D eigenvalue weighted by atomic mass is 9.63. The molecule has 0 radical (unpaired) electrons. The SMILES string of the molecule is COC(=O)[C@H]1C(=O)C(C(C)=N)C(=O)CC1(C)C. The number of nitrogens with one attached hydrogen (secondary N) is 1. The number of ketones is 2. The highest BCUT2D eigenvalue weighted by Crippen LogP contribution is 2.40. The van der Waals surface area contributed by atoms with E-state index in [0.717, 1.165) is 0 Å². The molecule has 1 rings (SSSR count). The second kappa shape index (κ2) is 4.39. The maximum absolute atomic E-state index is 12.1. The Hall–Kier alpha value is -1.52. The number of esters is 1. The van der Waals surface area contributed by atoms with E-state index in [4.69, 9.17) is 5.41 Å². The topological polar surface area (TPSA) is 84.3 Å². The maximum atomic E-state index is 12.1.